The van der Waals surface area contributed by atoms with Gasteiger partial charge in [0.25, 0.3) is 5.91 Å². The number of hydrogen-bond donors (Lipinski definition) is 2. The molecule has 0 spiro atoms. The topological polar surface area (TPSA) is 52.6 Å². The monoisotopic (exact) mass is 268 g/mol. The average molecular weight is 269 g/mol. The minimum absolute atomic E-state index is 0.0801. The molecule has 0 bridgehead atoms. The van der Waals surface area contributed by atoms with Crippen LogP contribution in [0.1, 0.15) is 16.8 Å². The Hall–Kier alpha value is -1.26. The minimum atomic E-state index is -0.251. The van der Waals surface area contributed by atoms with Crippen molar-refractivity contribution in [2.24, 2.45) is 5.92 Å². The van der Waals surface area contributed by atoms with Crippen LogP contribution in [0.2, 0.25) is 5.02 Å². The number of hydrogen-bond acceptors (Lipinski definition) is 3. The first-order chi connectivity index (χ1) is 8.56. The molecule has 0 aliphatic carbocycles. The maximum Gasteiger partial charge on any atom is 0.255 e. The molecule has 1 aliphatic heterocycles. The number of halogens is 1. The van der Waals surface area contributed by atoms with Gasteiger partial charge in [-0.25, -0.2) is 0 Å². The smallest absolute Gasteiger partial charge is 0.255 e. The Morgan fingerprint density at radius 2 is 2.39 bits per heavy atom. The van der Waals surface area contributed by atoms with Crippen LogP contribution in [0.15, 0.2) is 18.2 Å². The van der Waals surface area contributed by atoms with Gasteiger partial charge in [-0.15, -0.1) is 0 Å². The summed E-state index contributed by atoms with van der Waals surface area (Å²) in [6, 6.07) is 4.51. The van der Waals surface area contributed by atoms with Crippen molar-refractivity contribution in [1.82, 2.24) is 10.2 Å². The van der Waals surface area contributed by atoms with Gasteiger partial charge in [0.2, 0.25) is 0 Å². The van der Waals surface area contributed by atoms with Crippen molar-refractivity contribution in [3.63, 3.8) is 0 Å². The molecule has 1 aliphatic rings. The number of phenols is 1. The molecule has 2 N–H and O–H groups in total. The van der Waals surface area contributed by atoms with E-state index < -0.39 is 0 Å². The number of carbonyl (C=O) groups excluding carboxylic acids is 1. The lowest BCUT2D eigenvalue weighted by molar-refractivity contribution is 0.0945. The Balaban J connectivity index is 1.91. The molecule has 2 rings (SSSR count). The van der Waals surface area contributed by atoms with E-state index in [0.29, 0.717) is 17.5 Å². The van der Waals surface area contributed by atoms with Crippen molar-refractivity contribution in [2.45, 2.75) is 6.42 Å². The zero-order valence-corrected chi connectivity index (χ0v) is 11.1. The van der Waals surface area contributed by atoms with Crippen LogP contribution in [0.3, 0.4) is 0 Å². The largest absolute Gasteiger partial charge is 0.507 e. The van der Waals surface area contributed by atoms with E-state index in [1.807, 2.05) is 0 Å². The normalized spacial score (nSPS) is 20.0. The van der Waals surface area contributed by atoms with E-state index in [0.717, 1.165) is 19.5 Å². The van der Waals surface area contributed by atoms with E-state index in [2.05, 4.69) is 17.3 Å². The van der Waals surface area contributed by atoms with Crippen molar-refractivity contribution in [3.8, 4) is 5.75 Å². The number of carbonyl (C=O) groups is 1. The number of benzene rings is 1. The third kappa shape index (κ3) is 3.15. The second-order valence-electron chi connectivity index (χ2n) is 4.79. The highest BCUT2D eigenvalue weighted by molar-refractivity contribution is 6.30. The zero-order chi connectivity index (χ0) is 13.1. The number of nitrogens with one attached hydrogen (secondary N) is 1. The molecule has 0 aromatic heterocycles. The van der Waals surface area contributed by atoms with Crippen molar-refractivity contribution >= 4 is 17.5 Å². The van der Waals surface area contributed by atoms with Gasteiger partial charge in [0.1, 0.15) is 5.75 Å². The number of phenolic OH excluding ortho intramolecular Hbond substituents is 1. The molecular formula is C13H17ClN2O2. The summed E-state index contributed by atoms with van der Waals surface area (Å²) in [5.41, 5.74) is 0.269. The summed E-state index contributed by atoms with van der Waals surface area (Å²) in [7, 11) is 2.08. The van der Waals surface area contributed by atoms with Gasteiger partial charge in [0, 0.05) is 18.1 Å². The molecule has 98 valence electrons. The molecular weight excluding hydrogens is 252 g/mol. The number of aromatic hydroxyl groups is 1. The Kier molecular flexibility index (Phi) is 4.09. The van der Waals surface area contributed by atoms with E-state index in [4.69, 9.17) is 11.6 Å². The van der Waals surface area contributed by atoms with Crippen molar-refractivity contribution < 1.29 is 9.90 Å². The predicted molar refractivity (Wildman–Crippen MR) is 71.1 cm³/mol. The van der Waals surface area contributed by atoms with Gasteiger partial charge in [0.15, 0.2) is 0 Å². The quantitative estimate of drug-likeness (QED) is 0.878. The molecule has 0 saturated carbocycles. The van der Waals surface area contributed by atoms with Crippen LogP contribution >= 0.6 is 11.6 Å². The highest BCUT2D eigenvalue weighted by atomic mass is 35.5. The first-order valence-electron chi connectivity index (χ1n) is 6.01. The van der Waals surface area contributed by atoms with Gasteiger partial charge in [0.05, 0.1) is 5.56 Å². The summed E-state index contributed by atoms with van der Waals surface area (Å²) in [6.45, 7) is 2.73. The molecule has 1 atom stereocenters. The first kappa shape index (κ1) is 13.2. The van der Waals surface area contributed by atoms with E-state index in [1.165, 1.54) is 12.1 Å². The van der Waals surface area contributed by atoms with Crippen LogP contribution in [-0.4, -0.2) is 42.6 Å². The molecule has 1 unspecified atom stereocenters. The fourth-order valence-corrected chi connectivity index (χ4v) is 2.39. The first-order valence-corrected chi connectivity index (χ1v) is 6.39. The van der Waals surface area contributed by atoms with Crippen LogP contribution in [0.4, 0.5) is 0 Å². The lowest BCUT2D eigenvalue weighted by Crippen LogP contribution is -2.30. The summed E-state index contributed by atoms with van der Waals surface area (Å²) < 4.78 is 0. The van der Waals surface area contributed by atoms with Crippen molar-refractivity contribution in [1.29, 1.82) is 0 Å². The molecule has 1 aromatic carbocycles. The van der Waals surface area contributed by atoms with E-state index in [9.17, 15) is 9.90 Å². The minimum Gasteiger partial charge on any atom is -0.507 e. The van der Waals surface area contributed by atoms with Gasteiger partial charge in [-0.3, -0.25) is 4.79 Å². The molecule has 1 saturated heterocycles. The Morgan fingerprint density at radius 1 is 1.61 bits per heavy atom. The number of likely N-dealkylation sites (tertiary alicyclic amines) is 1. The fourth-order valence-electron chi connectivity index (χ4n) is 2.22. The highest BCUT2D eigenvalue weighted by Crippen LogP contribution is 2.22. The van der Waals surface area contributed by atoms with Crippen molar-refractivity contribution in [2.75, 3.05) is 26.7 Å². The Bertz CT molecular complexity index is 451. The van der Waals surface area contributed by atoms with Crippen LogP contribution < -0.4 is 5.32 Å². The zero-order valence-electron chi connectivity index (χ0n) is 10.3. The third-order valence-electron chi connectivity index (χ3n) is 3.24. The van der Waals surface area contributed by atoms with Crippen LogP contribution in [0.25, 0.3) is 0 Å². The number of amides is 1. The average Bonchev–Trinajstić information content (AvgIpc) is 2.72. The van der Waals surface area contributed by atoms with Crippen LogP contribution in [-0.2, 0) is 0 Å². The highest BCUT2D eigenvalue weighted by Gasteiger charge is 2.20. The van der Waals surface area contributed by atoms with Gasteiger partial charge < -0.3 is 15.3 Å². The van der Waals surface area contributed by atoms with Gasteiger partial charge in [-0.1, -0.05) is 11.6 Å². The number of nitrogens with zero attached hydrogens (tertiary/aromatic N) is 1. The Morgan fingerprint density at radius 3 is 3.00 bits per heavy atom. The summed E-state index contributed by atoms with van der Waals surface area (Å²) in [4.78, 5) is 14.1. The third-order valence-corrected chi connectivity index (χ3v) is 3.48. The van der Waals surface area contributed by atoms with E-state index >= 15 is 0 Å². The summed E-state index contributed by atoms with van der Waals surface area (Å²) in [6.07, 6.45) is 1.10. The molecule has 0 radical (unpaired) electrons. The van der Waals surface area contributed by atoms with E-state index in [-0.39, 0.29) is 17.2 Å². The molecule has 4 nitrogen and oxygen atoms in total. The Labute approximate surface area is 112 Å². The van der Waals surface area contributed by atoms with Gasteiger partial charge in [-0.05, 0) is 44.1 Å². The molecule has 1 amide bonds. The van der Waals surface area contributed by atoms with Crippen molar-refractivity contribution in [3.05, 3.63) is 28.8 Å². The SMILES string of the molecule is CN1CCC(CNC(=O)c2ccc(Cl)cc2O)C1. The molecule has 18 heavy (non-hydrogen) atoms. The summed E-state index contributed by atoms with van der Waals surface area (Å²) in [5.74, 6) is 0.163. The maximum absolute atomic E-state index is 11.9. The second-order valence-corrected chi connectivity index (χ2v) is 5.22. The molecule has 1 heterocycles. The molecule has 1 aromatic rings. The van der Waals surface area contributed by atoms with E-state index in [1.54, 1.807) is 6.07 Å². The second kappa shape index (κ2) is 5.59. The standard InChI is InChI=1S/C13H17ClN2O2/c1-16-5-4-9(8-16)7-15-13(18)11-3-2-10(14)6-12(11)17/h2-3,6,9,17H,4-5,7-8H2,1H3,(H,15,18). The van der Waals surface area contributed by atoms with Gasteiger partial charge in [-0.2, -0.15) is 0 Å². The lowest BCUT2D eigenvalue weighted by Gasteiger charge is -2.12. The maximum atomic E-state index is 11.9. The number of rotatable bonds is 3. The molecule has 5 heteroatoms. The summed E-state index contributed by atoms with van der Waals surface area (Å²) in [5, 5.41) is 12.9. The predicted octanol–water partition coefficient (Wildman–Crippen LogP) is 1.73. The van der Waals surface area contributed by atoms with Gasteiger partial charge >= 0.3 is 0 Å². The van der Waals surface area contributed by atoms with Crippen LogP contribution in [0, 0.1) is 5.92 Å². The molecule has 1 fully saturated rings. The van der Waals surface area contributed by atoms with Crippen LogP contribution in [0.5, 0.6) is 5.75 Å². The lowest BCUT2D eigenvalue weighted by atomic mass is 10.1. The fraction of sp³-hybridized carbons (Fsp3) is 0.462. The summed E-state index contributed by atoms with van der Waals surface area (Å²) >= 11 is 5.72.